The lowest BCUT2D eigenvalue weighted by molar-refractivity contribution is 0.599. The third-order valence-corrected chi connectivity index (χ3v) is 2.87. The quantitative estimate of drug-likeness (QED) is 0.804. The minimum Gasteiger partial charge on any atom is -0.347 e. The lowest BCUT2D eigenvalue weighted by Crippen LogP contribution is -2.29. The Kier molecular flexibility index (Phi) is 4.98. The number of anilines is 1. The highest BCUT2D eigenvalue weighted by molar-refractivity contribution is 7.09. The van der Waals surface area contributed by atoms with Gasteiger partial charge in [-0.05, 0) is 25.8 Å². The topological polar surface area (TPSA) is 55.0 Å². The molecule has 86 valence electrons. The normalized spacial score (nSPS) is 11.0. The maximum atomic E-state index is 5.53. The molecule has 5 heteroatoms. The largest absolute Gasteiger partial charge is 0.347 e. The van der Waals surface area contributed by atoms with Gasteiger partial charge in [0, 0.05) is 24.6 Å². The molecule has 0 fully saturated rings. The molecule has 4 nitrogen and oxygen atoms in total. The molecule has 0 spiro atoms. The van der Waals surface area contributed by atoms with Gasteiger partial charge in [0.05, 0.1) is 0 Å². The molecule has 1 heterocycles. The van der Waals surface area contributed by atoms with Gasteiger partial charge >= 0.3 is 0 Å². The molecule has 0 aromatic carbocycles. The molecule has 1 aromatic heterocycles. The number of aryl methyl sites for hydroxylation is 1. The van der Waals surface area contributed by atoms with E-state index in [4.69, 9.17) is 5.73 Å². The predicted molar refractivity (Wildman–Crippen MR) is 65.4 cm³/mol. The maximum absolute atomic E-state index is 5.53. The van der Waals surface area contributed by atoms with Crippen molar-refractivity contribution < 1.29 is 0 Å². The first-order chi connectivity index (χ1) is 7.13. The summed E-state index contributed by atoms with van der Waals surface area (Å²) in [7, 11) is 0. The first-order valence-electron chi connectivity index (χ1n) is 5.38. The molecule has 1 aromatic rings. The zero-order valence-corrected chi connectivity index (χ0v) is 10.5. The van der Waals surface area contributed by atoms with E-state index in [1.807, 2.05) is 6.92 Å². The molecule has 0 saturated heterocycles. The van der Waals surface area contributed by atoms with E-state index in [-0.39, 0.29) is 0 Å². The number of aromatic nitrogens is 2. The van der Waals surface area contributed by atoms with E-state index in [1.165, 1.54) is 11.5 Å². The lowest BCUT2D eigenvalue weighted by atomic mass is 10.2. The monoisotopic (exact) mass is 228 g/mol. The summed E-state index contributed by atoms with van der Waals surface area (Å²) in [5, 5.41) is 1.02. The van der Waals surface area contributed by atoms with E-state index in [0.29, 0.717) is 5.92 Å². The zero-order valence-electron chi connectivity index (χ0n) is 9.73. The molecule has 0 radical (unpaired) electrons. The number of hydrogen-bond acceptors (Lipinski definition) is 5. The number of nitrogens with two attached hydrogens (primary N) is 1. The Morgan fingerprint density at radius 1 is 1.47 bits per heavy atom. The Morgan fingerprint density at radius 3 is 2.67 bits per heavy atom. The predicted octanol–water partition coefficient (Wildman–Crippen LogP) is 1.66. The van der Waals surface area contributed by atoms with E-state index >= 15 is 0 Å². The Balaban J connectivity index is 2.62. The molecule has 0 amide bonds. The van der Waals surface area contributed by atoms with Crippen LogP contribution in [0.3, 0.4) is 0 Å². The summed E-state index contributed by atoms with van der Waals surface area (Å²) in [5.41, 5.74) is 5.53. The summed E-state index contributed by atoms with van der Waals surface area (Å²) in [4.78, 5) is 6.69. The summed E-state index contributed by atoms with van der Waals surface area (Å²) in [5.74, 6) is 1.49. The van der Waals surface area contributed by atoms with Gasteiger partial charge in [-0.25, -0.2) is 4.98 Å². The standard InChI is InChI=1S/C10H20N4S/c1-8(2)7-14(6-4-5-11)10-12-9(3)13-15-10/h8H,4-7,11H2,1-3H3. The molecule has 1 rings (SSSR count). The van der Waals surface area contributed by atoms with Crippen molar-refractivity contribution in [3.8, 4) is 0 Å². The maximum Gasteiger partial charge on any atom is 0.205 e. The van der Waals surface area contributed by atoms with Crippen LogP contribution in [0.25, 0.3) is 0 Å². The van der Waals surface area contributed by atoms with Crippen LogP contribution in [-0.2, 0) is 0 Å². The summed E-state index contributed by atoms with van der Waals surface area (Å²) < 4.78 is 4.21. The molecule has 0 bridgehead atoms. The Labute approximate surface area is 95.7 Å². The second-order valence-electron chi connectivity index (χ2n) is 4.11. The average molecular weight is 228 g/mol. The Hall–Kier alpha value is -0.680. The highest BCUT2D eigenvalue weighted by Gasteiger charge is 2.11. The van der Waals surface area contributed by atoms with Crippen molar-refractivity contribution in [1.29, 1.82) is 0 Å². The fourth-order valence-corrected chi connectivity index (χ4v) is 2.11. The zero-order chi connectivity index (χ0) is 11.3. The van der Waals surface area contributed by atoms with Gasteiger partial charge in [-0.2, -0.15) is 4.37 Å². The van der Waals surface area contributed by atoms with Crippen LogP contribution < -0.4 is 10.6 Å². The van der Waals surface area contributed by atoms with Gasteiger partial charge in [-0.3, -0.25) is 0 Å². The molecule has 15 heavy (non-hydrogen) atoms. The van der Waals surface area contributed by atoms with Crippen LogP contribution in [0, 0.1) is 12.8 Å². The van der Waals surface area contributed by atoms with Crippen LogP contribution >= 0.6 is 11.5 Å². The molecular weight excluding hydrogens is 208 g/mol. The summed E-state index contributed by atoms with van der Waals surface area (Å²) in [6.45, 7) is 9.08. The molecule has 2 N–H and O–H groups in total. The third-order valence-electron chi connectivity index (χ3n) is 2.01. The van der Waals surface area contributed by atoms with Crippen molar-refractivity contribution >= 4 is 16.7 Å². The Morgan fingerprint density at radius 2 is 2.20 bits per heavy atom. The van der Waals surface area contributed by atoms with Gasteiger partial charge in [0.15, 0.2) is 0 Å². The van der Waals surface area contributed by atoms with Crippen LogP contribution in [0.2, 0.25) is 0 Å². The third kappa shape index (κ3) is 4.13. The van der Waals surface area contributed by atoms with Gasteiger partial charge in [-0.15, -0.1) is 0 Å². The van der Waals surface area contributed by atoms with E-state index in [0.717, 1.165) is 37.0 Å². The molecule has 0 aliphatic rings. The smallest absolute Gasteiger partial charge is 0.205 e. The SMILES string of the molecule is Cc1nsc(N(CCCN)CC(C)C)n1. The van der Waals surface area contributed by atoms with Crippen LogP contribution in [0.15, 0.2) is 0 Å². The molecule has 0 saturated carbocycles. The van der Waals surface area contributed by atoms with Gasteiger partial charge in [0.1, 0.15) is 5.82 Å². The minimum atomic E-state index is 0.631. The van der Waals surface area contributed by atoms with Crippen molar-refractivity contribution in [2.75, 3.05) is 24.5 Å². The average Bonchev–Trinajstić information content (AvgIpc) is 2.58. The van der Waals surface area contributed by atoms with Crippen LogP contribution in [-0.4, -0.2) is 29.0 Å². The van der Waals surface area contributed by atoms with E-state index in [1.54, 1.807) is 0 Å². The van der Waals surface area contributed by atoms with Crippen molar-refractivity contribution in [2.45, 2.75) is 27.2 Å². The highest BCUT2D eigenvalue weighted by atomic mass is 32.1. The molecule has 0 aliphatic carbocycles. The summed E-state index contributed by atoms with van der Waals surface area (Å²) in [6.07, 6.45) is 1.01. The lowest BCUT2D eigenvalue weighted by Gasteiger charge is -2.22. The van der Waals surface area contributed by atoms with Crippen LogP contribution in [0.5, 0.6) is 0 Å². The van der Waals surface area contributed by atoms with Crippen molar-refractivity contribution in [2.24, 2.45) is 11.7 Å². The summed E-state index contributed by atoms with van der Waals surface area (Å²) >= 11 is 1.47. The first kappa shape index (κ1) is 12.4. The van der Waals surface area contributed by atoms with Crippen LogP contribution in [0.4, 0.5) is 5.13 Å². The van der Waals surface area contributed by atoms with Gasteiger partial charge in [0.25, 0.3) is 0 Å². The molecular formula is C10H20N4S. The second kappa shape index (κ2) is 6.02. The highest BCUT2D eigenvalue weighted by Crippen LogP contribution is 2.18. The van der Waals surface area contributed by atoms with Gasteiger partial charge < -0.3 is 10.6 Å². The first-order valence-corrected chi connectivity index (χ1v) is 6.16. The minimum absolute atomic E-state index is 0.631. The fourth-order valence-electron chi connectivity index (χ4n) is 1.40. The van der Waals surface area contributed by atoms with Crippen LogP contribution in [0.1, 0.15) is 26.1 Å². The fraction of sp³-hybridized carbons (Fsp3) is 0.800. The number of rotatable bonds is 6. The van der Waals surface area contributed by atoms with Crippen molar-refractivity contribution in [1.82, 2.24) is 9.36 Å². The van der Waals surface area contributed by atoms with E-state index in [2.05, 4.69) is 28.1 Å². The molecule has 0 unspecified atom stereocenters. The Bertz CT molecular complexity index is 285. The molecule has 0 aliphatic heterocycles. The van der Waals surface area contributed by atoms with E-state index < -0.39 is 0 Å². The number of hydrogen-bond donors (Lipinski definition) is 1. The summed E-state index contributed by atoms with van der Waals surface area (Å²) in [6, 6.07) is 0. The number of nitrogens with zero attached hydrogens (tertiary/aromatic N) is 3. The van der Waals surface area contributed by atoms with E-state index in [9.17, 15) is 0 Å². The van der Waals surface area contributed by atoms with Crippen molar-refractivity contribution in [3.63, 3.8) is 0 Å². The van der Waals surface area contributed by atoms with Gasteiger partial charge in [-0.1, -0.05) is 13.8 Å². The molecule has 0 atom stereocenters. The van der Waals surface area contributed by atoms with Crippen molar-refractivity contribution in [3.05, 3.63) is 5.82 Å². The van der Waals surface area contributed by atoms with Gasteiger partial charge in [0.2, 0.25) is 5.13 Å². The second-order valence-corrected chi connectivity index (χ2v) is 4.84.